The Hall–Kier alpha value is -10.5. The van der Waals surface area contributed by atoms with Crippen LogP contribution in [0.3, 0.4) is 0 Å². The highest BCUT2D eigenvalue weighted by molar-refractivity contribution is 9.08. The molecule has 0 bridgehead atoms. The lowest BCUT2D eigenvalue weighted by Gasteiger charge is -2.35. The maximum Gasteiger partial charge on any atom is 0.414 e. The SMILES string of the molecule is CB(O)N1CCN(Cc2c(-c3cccs3)nc3ccccc3c2C(=O)N[C@@H](C)C2CCCCC2)C(=O)C1.C[C@H](NC(=O)c1c(CBr)c(-c2cccs2)nc2ccccc12)C1CCCCC1.C[C@H](NC(=O)c1c(CN2CCN(C(=O)CC(O)C(F)(F)F)CC2=O)c(-c2cccs2)nc2ccccc12)C1CCCCC1.C[C@H](NC(=O)c1c(CN2CCNCC2=O)c(-c2cccs2)nc2ccccc12)C1CCCCC1.Cl. The topological polar surface area (TPSA) is 305 Å². The number of hydrogen-bond acceptors (Lipinski definition) is 20. The smallest absolute Gasteiger partial charge is 0.414 e. The van der Waals surface area contributed by atoms with E-state index in [-0.39, 0.29) is 98.2 Å². The molecule has 0 spiro atoms. The highest BCUT2D eigenvalue weighted by Crippen LogP contribution is 2.42. The van der Waals surface area contributed by atoms with Crippen molar-refractivity contribution < 1.29 is 61.7 Å². The van der Waals surface area contributed by atoms with Crippen molar-refractivity contribution in [1.29, 1.82) is 0 Å². The van der Waals surface area contributed by atoms with E-state index in [4.69, 9.17) is 19.9 Å². The normalized spacial score (nSPS) is 17.7. The maximum absolute atomic E-state index is 14.1. The molecule has 12 aromatic rings. The number of amides is 8. The Kier molecular flexibility index (Phi) is 37.4. The molecule has 4 aliphatic carbocycles. The Bertz CT molecular complexity index is 6400. The van der Waals surface area contributed by atoms with Crippen molar-refractivity contribution in [2.75, 3.05) is 58.9 Å². The van der Waals surface area contributed by atoms with Gasteiger partial charge in [-0.3, -0.25) is 38.4 Å². The summed E-state index contributed by atoms with van der Waals surface area (Å²) in [6, 6.07) is 47.2. The quantitative estimate of drug-likeness (QED) is 0.0196. The third-order valence-electron chi connectivity index (χ3n) is 29.4. The molecule has 8 amide bonds. The number of halogens is 5. The number of hydrogen-bond donors (Lipinski definition) is 7. The minimum Gasteiger partial charge on any atom is -0.437 e. The fraction of sp³-hybridized carbons (Fsp3) is 0.450. The number of thiophene rings is 4. The Morgan fingerprint density at radius 1 is 0.427 bits per heavy atom. The summed E-state index contributed by atoms with van der Waals surface area (Å²) in [5, 5.41) is 47.5. The number of piperazine rings is 3. The Morgan fingerprint density at radius 3 is 1.01 bits per heavy atom. The molecule has 3 aliphatic heterocycles. The molecule has 143 heavy (non-hydrogen) atoms. The summed E-state index contributed by atoms with van der Waals surface area (Å²) < 4.78 is 38.3. The van der Waals surface area contributed by atoms with Gasteiger partial charge < -0.3 is 61.1 Å². The zero-order chi connectivity index (χ0) is 99.7. The summed E-state index contributed by atoms with van der Waals surface area (Å²) in [5.41, 5.74) is 11.8. The lowest BCUT2D eigenvalue weighted by Crippen LogP contribution is -2.54. The molecule has 3 saturated heterocycles. The van der Waals surface area contributed by atoms with Crippen LogP contribution < -0.4 is 26.6 Å². The molecule has 24 nitrogen and oxygen atoms in total. The van der Waals surface area contributed by atoms with E-state index in [1.807, 2.05) is 167 Å². The molecule has 7 aliphatic rings. The molecule has 4 saturated carbocycles. The number of pyridine rings is 4. The predicted octanol–water partition coefficient (Wildman–Crippen LogP) is 21.1. The highest BCUT2D eigenvalue weighted by atomic mass is 79.9. The molecule has 34 heteroatoms. The monoisotopic (exact) mass is 2100 g/mol. The summed E-state index contributed by atoms with van der Waals surface area (Å²) in [6.45, 7) is 13.4. The van der Waals surface area contributed by atoms with E-state index >= 15 is 0 Å². The Labute approximate surface area is 865 Å². The molecule has 756 valence electrons. The van der Waals surface area contributed by atoms with Crippen LogP contribution in [0, 0.1) is 23.7 Å². The number of carbonyl (C=O) groups excluding carboxylic acids is 8. The third-order valence-corrected chi connectivity index (χ3v) is 33.5. The van der Waals surface area contributed by atoms with Crippen molar-refractivity contribution >= 4 is 172 Å². The molecule has 8 aromatic heterocycles. The number of aliphatic hydroxyl groups is 1. The van der Waals surface area contributed by atoms with Crippen molar-refractivity contribution in [3.05, 3.63) is 212 Å². The summed E-state index contributed by atoms with van der Waals surface area (Å²) in [4.78, 5) is 139. The van der Waals surface area contributed by atoms with E-state index in [1.165, 1.54) is 106 Å². The average Bonchev–Trinajstić information content (AvgIpc) is 1.64. The molecule has 7 fully saturated rings. The average molecular weight is 2110 g/mol. The van der Waals surface area contributed by atoms with Gasteiger partial charge in [-0.05, 0) is 180 Å². The van der Waals surface area contributed by atoms with Gasteiger partial charge in [-0.25, -0.2) is 19.9 Å². The van der Waals surface area contributed by atoms with Gasteiger partial charge in [0.2, 0.25) is 23.6 Å². The zero-order valence-electron chi connectivity index (χ0n) is 81.7. The van der Waals surface area contributed by atoms with Crippen LogP contribution >= 0.6 is 73.7 Å². The van der Waals surface area contributed by atoms with Gasteiger partial charge in [-0.1, -0.05) is 190 Å². The van der Waals surface area contributed by atoms with E-state index in [9.17, 15) is 61.7 Å². The number of alkyl halides is 4. The summed E-state index contributed by atoms with van der Waals surface area (Å²) in [7, 11) is -0.669. The number of para-hydroxylation sites is 4. The van der Waals surface area contributed by atoms with Crippen molar-refractivity contribution in [2.45, 2.75) is 231 Å². The number of benzene rings is 4. The molecule has 7 N–H and O–H groups in total. The second kappa shape index (κ2) is 50.1. The van der Waals surface area contributed by atoms with Crippen molar-refractivity contribution in [2.24, 2.45) is 23.7 Å². The van der Waals surface area contributed by atoms with Crippen LogP contribution in [0.15, 0.2) is 167 Å². The number of rotatable bonds is 26. The van der Waals surface area contributed by atoms with Gasteiger partial charge in [0.15, 0.2) is 6.10 Å². The molecular formula is C109H128BBrClF3N14O10S4. The van der Waals surface area contributed by atoms with Gasteiger partial charge in [0.25, 0.3) is 23.6 Å². The molecule has 0 radical (unpaired) electrons. The molecule has 4 aromatic carbocycles. The maximum atomic E-state index is 14.1. The van der Waals surface area contributed by atoms with E-state index < -0.39 is 44.1 Å². The largest absolute Gasteiger partial charge is 0.437 e. The first-order chi connectivity index (χ1) is 68.7. The zero-order valence-corrected chi connectivity index (χ0v) is 87.4. The fourth-order valence-corrected chi connectivity index (χ4v) is 24.8. The summed E-state index contributed by atoms with van der Waals surface area (Å²) in [6.07, 6.45) is 15.2. The van der Waals surface area contributed by atoms with E-state index in [0.717, 1.165) is 142 Å². The molecular weight excluding hydrogens is 1980 g/mol. The van der Waals surface area contributed by atoms with Crippen LogP contribution in [0.5, 0.6) is 0 Å². The van der Waals surface area contributed by atoms with Gasteiger partial charge in [-0.15, -0.1) is 57.8 Å². The first-order valence-corrected chi connectivity index (χ1v) is 55.0. The number of aliphatic hydroxyl groups excluding tert-OH is 1. The van der Waals surface area contributed by atoms with Gasteiger partial charge in [0.05, 0.1) is 113 Å². The van der Waals surface area contributed by atoms with Crippen LogP contribution in [0.4, 0.5) is 13.2 Å². The van der Waals surface area contributed by atoms with Crippen molar-refractivity contribution in [1.82, 2.24) is 70.9 Å². The number of carbonyl (C=O) groups is 8. The van der Waals surface area contributed by atoms with Gasteiger partial charge in [0, 0.05) is 132 Å². The predicted molar refractivity (Wildman–Crippen MR) is 572 cm³/mol. The van der Waals surface area contributed by atoms with E-state index in [0.29, 0.717) is 107 Å². The number of nitrogens with one attached hydrogen (secondary N) is 5. The van der Waals surface area contributed by atoms with Crippen LogP contribution in [0.1, 0.15) is 226 Å². The third kappa shape index (κ3) is 26.2. The number of fused-ring (bicyclic) bond motifs is 4. The first-order valence-electron chi connectivity index (χ1n) is 50.4. The minimum atomic E-state index is -4.92. The Morgan fingerprint density at radius 2 is 0.727 bits per heavy atom. The number of aromatic nitrogens is 4. The van der Waals surface area contributed by atoms with Crippen LogP contribution in [-0.2, 0) is 44.1 Å². The minimum absolute atomic E-state index is 0. The van der Waals surface area contributed by atoms with Crippen molar-refractivity contribution in [3.8, 4) is 42.3 Å². The van der Waals surface area contributed by atoms with Crippen molar-refractivity contribution in [3.63, 3.8) is 0 Å². The van der Waals surface area contributed by atoms with Gasteiger partial charge in [-0.2, -0.15) is 13.2 Å². The van der Waals surface area contributed by atoms with E-state index in [2.05, 4.69) is 74.7 Å². The number of nitrogens with zero attached hydrogens (tertiary/aromatic N) is 9. The second-order valence-electron chi connectivity index (χ2n) is 38.8. The molecule has 5 atom stereocenters. The first kappa shape index (κ1) is 107. The van der Waals surface area contributed by atoms with Crippen LogP contribution in [-0.4, -0.2) is 204 Å². The molecule has 11 heterocycles. The van der Waals surface area contributed by atoms with Gasteiger partial charge in [0.1, 0.15) is 0 Å². The summed E-state index contributed by atoms with van der Waals surface area (Å²) >= 11 is 9.94. The van der Waals surface area contributed by atoms with Crippen LogP contribution in [0.25, 0.3) is 85.9 Å². The molecule has 1 unspecified atom stereocenters. The highest BCUT2D eigenvalue weighted by Gasteiger charge is 2.43. The van der Waals surface area contributed by atoms with Gasteiger partial charge >= 0.3 is 13.2 Å². The lowest BCUT2D eigenvalue weighted by atomic mass is 9.84. The van der Waals surface area contributed by atoms with E-state index in [1.54, 1.807) is 50.5 Å². The Balaban J connectivity index is 0.000000145. The second-order valence-corrected chi connectivity index (χ2v) is 43.2. The molecule has 19 rings (SSSR count). The lowest BCUT2D eigenvalue weighted by molar-refractivity contribution is -0.207. The summed E-state index contributed by atoms with van der Waals surface area (Å²) in [5.74, 6) is 0.167. The fourth-order valence-electron chi connectivity index (χ4n) is 21.3. The van der Waals surface area contributed by atoms with Crippen LogP contribution in [0.2, 0.25) is 6.82 Å². The standard InChI is InChI=1S/C31H35F3N4O4S.C28H35BN4O3S.C27H32N4O2S.C23H25BrN2OS.ClH/c1-19(20-8-3-2-4-9-20)35-30(42)28-21-10-5-6-11-23(21)36-29(24-12-7-15-43-24)22(28)17-37-13-14-38(18-27(37)41)26(40)16-25(39)31(32,33)34;1-19(20-9-4-3-5-10-20)30-28(35)26-21-11-6-7-12-23(21)31-27(24-13-8-16-37-24)22(26)17-32-14-15-33(29(2)36)18-25(32)34;1-18(19-8-3-2-4-9-19)29-27(33)25-20-10-5-6-11-22(20)30-26(23-12-7-15-34-23)21(25)17-31-14-13-28-16-24(31)32;1-15(16-8-3-2-4-9-16)25-23(27)21-17-10-5-6-11-19(17)26-22(18(21)14-24)20-12-7-13-28-20;/h5-7,10-12,15,19-20,25,39H,2-4,8-9,13-14,16-18H2,1H3,(H,35,42);6-8,11-13,16,19-20,36H,3-5,9-10,14-15,17-18H2,1-2H3,(H,30,35);5-7,10-12,15,18-19,28H,2-4,8-9,13-14,16-17H2,1H3,(H,29,33);5-7,10-13,15-16H,2-4,8-9,14H2,1H3,(H,25,27);1H/t19-,25?;19-;18-;15-;/m0000./s1.